The number of likely N-dealkylation sites (tertiary alicyclic amines) is 1. The zero-order valence-corrected chi connectivity index (χ0v) is 23.6. The number of rotatable bonds is 12. The molecule has 0 bridgehead atoms. The molecule has 1 aliphatic heterocycles. The molecule has 2 heterocycles. The summed E-state index contributed by atoms with van der Waals surface area (Å²) in [6, 6.07) is 20.7. The summed E-state index contributed by atoms with van der Waals surface area (Å²) in [6.45, 7) is 1.54. The van der Waals surface area contributed by atoms with E-state index in [-0.39, 0.29) is 11.7 Å². The van der Waals surface area contributed by atoms with Crippen molar-refractivity contribution in [2.24, 2.45) is 5.92 Å². The fourth-order valence-electron chi connectivity index (χ4n) is 5.16. The molecule has 0 N–H and O–H groups in total. The molecule has 0 unspecified atom stereocenters. The van der Waals surface area contributed by atoms with Crippen molar-refractivity contribution in [1.29, 1.82) is 0 Å². The average Bonchev–Trinajstić information content (AvgIpc) is 2.97. The van der Waals surface area contributed by atoms with Gasteiger partial charge in [0.25, 0.3) is 0 Å². The number of nitrogens with zero attached hydrogens (tertiary/aromatic N) is 3. The molecule has 2 aromatic carbocycles. The van der Waals surface area contributed by atoms with E-state index in [1.54, 1.807) is 7.11 Å². The van der Waals surface area contributed by atoms with Crippen LogP contribution >= 0.6 is 0 Å². The van der Waals surface area contributed by atoms with E-state index in [0.717, 1.165) is 67.8 Å². The predicted octanol–water partition coefficient (Wildman–Crippen LogP) is 5.98. The standard InChI is InChI=1S/C33H41N3O3/c1-35(2)30-13-7-25(8-14-30)5-4-6-31(37)15-18-33(38)36-21-19-26(20-22-36)23-29-12-9-28(24-34-29)27-10-16-32(39-3)17-11-27/h7-14,16-17,24,26H,4-6,15,18-23H2,1-3H3. The summed E-state index contributed by atoms with van der Waals surface area (Å²) in [5, 5.41) is 0. The van der Waals surface area contributed by atoms with Crippen LogP contribution in [0.25, 0.3) is 11.1 Å². The van der Waals surface area contributed by atoms with E-state index >= 15 is 0 Å². The first kappa shape index (κ1) is 28.3. The first-order valence-corrected chi connectivity index (χ1v) is 14.1. The number of ether oxygens (including phenoxy) is 1. The van der Waals surface area contributed by atoms with E-state index in [2.05, 4.69) is 41.3 Å². The van der Waals surface area contributed by atoms with Gasteiger partial charge < -0.3 is 14.5 Å². The van der Waals surface area contributed by atoms with Gasteiger partial charge in [-0.05, 0) is 79.5 Å². The van der Waals surface area contributed by atoms with Crippen LogP contribution in [0.3, 0.4) is 0 Å². The first-order chi connectivity index (χ1) is 18.9. The lowest BCUT2D eigenvalue weighted by molar-refractivity contribution is -0.134. The molecular weight excluding hydrogens is 486 g/mol. The van der Waals surface area contributed by atoms with Crippen LogP contribution in [-0.4, -0.2) is 55.9 Å². The molecule has 0 aliphatic carbocycles. The van der Waals surface area contributed by atoms with Crippen molar-refractivity contribution in [2.75, 3.05) is 39.2 Å². The monoisotopic (exact) mass is 527 g/mol. The van der Waals surface area contributed by atoms with Gasteiger partial charge in [0, 0.05) is 69.6 Å². The van der Waals surface area contributed by atoms with E-state index in [1.165, 1.54) is 11.3 Å². The second-order valence-corrected chi connectivity index (χ2v) is 10.7. The zero-order chi connectivity index (χ0) is 27.6. The molecule has 4 rings (SSSR count). The maximum atomic E-state index is 12.7. The fraction of sp³-hybridized carbons (Fsp3) is 0.424. The summed E-state index contributed by atoms with van der Waals surface area (Å²) in [6.07, 6.45) is 7.76. The SMILES string of the molecule is COc1ccc(-c2ccc(CC3CCN(C(=O)CCC(=O)CCCc4ccc(N(C)C)cc4)CC3)nc2)cc1. The normalized spacial score (nSPS) is 13.8. The van der Waals surface area contributed by atoms with Gasteiger partial charge in [-0.25, -0.2) is 0 Å². The van der Waals surface area contributed by atoms with Gasteiger partial charge in [-0.2, -0.15) is 0 Å². The molecule has 0 saturated carbocycles. The van der Waals surface area contributed by atoms with Gasteiger partial charge in [0.15, 0.2) is 0 Å². The van der Waals surface area contributed by atoms with Gasteiger partial charge in [-0.1, -0.05) is 30.3 Å². The number of piperidine rings is 1. The number of anilines is 1. The Morgan fingerprint density at radius 2 is 1.59 bits per heavy atom. The smallest absolute Gasteiger partial charge is 0.223 e. The van der Waals surface area contributed by atoms with Crippen LogP contribution in [0.15, 0.2) is 66.9 Å². The minimum absolute atomic E-state index is 0.114. The van der Waals surface area contributed by atoms with Gasteiger partial charge in [-0.15, -0.1) is 0 Å². The molecule has 1 aromatic heterocycles. The van der Waals surface area contributed by atoms with Gasteiger partial charge in [0.05, 0.1) is 7.11 Å². The number of carbonyl (C=O) groups excluding carboxylic acids is 2. The lowest BCUT2D eigenvalue weighted by atomic mass is 9.91. The Labute approximate surface area is 233 Å². The highest BCUT2D eigenvalue weighted by Gasteiger charge is 2.23. The maximum Gasteiger partial charge on any atom is 0.223 e. The molecule has 3 aromatic rings. The molecule has 0 spiro atoms. The number of ketones is 1. The molecule has 1 saturated heterocycles. The number of amides is 1. The fourth-order valence-corrected chi connectivity index (χ4v) is 5.16. The number of pyridine rings is 1. The highest BCUT2D eigenvalue weighted by molar-refractivity contribution is 5.85. The van der Waals surface area contributed by atoms with Crippen LogP contribution in [0.1, 0.15) is 49.8 Å². The molecule has 6 heteroatoms. The molecule has 6 nitrogen and oxygen atoms in total. The quantitative estimate of drug-likeness (QED) is 0.290. The van der Waals surface area contributed by atoms with Gasteiger partial charge in [0.1, 0.15) is 11.5 Å². The summed E-state index contributed by atoms with van der Waals surface area (Å²) in [5.74, 6) is 1.68. The van der Waals surface area contributed by atoms with Crippen molar-refractivity contribution >= 4 is 17.4 Å². The van der Waals surface area contributed by atoms with Crippen molar-refractivity contribution in [3.63, 3.8) is 0 Å². The second kappa shape index (κ2) is 13.9. The van der Waals surface area contributed by atoms with Crippen molar-refractivity contribution in [1.82, 2.24) is 9.88 Å². The Morgan fingerprint density at radius 3 is 2.21 bits per heavy atom. The lowest BCUT2D eigenvalue weighted by Gasteiger charge is -2.32. The summed E-state index contributed by atoms with van der Waals surface area (Å²) in [4.78, 5) is 33.8. The van der Waals surface area contributed by atoms with Crippen LogP contribution in [0.5, 0.6) is 5.75 Å². The summed E-state index contributed by atoms with van der Waals surface area (Å²) in [7, 11) is 5.72. The number of Topliss-reactive ketones (excluding diaryl/α,β-unsaturated/α-hetero) is 1. The van der Waals surface area contributed by atoms with Crippen LogP contribution < -0.4 is 9.64 Å². The summed E-state index contributed by atoms with van der Waals surface area (Å²) < 4.78 is 5.23. The zero-order valence-electron chi connectivity index (χ0n) is 23.6. The maximum absolute atomic E-state index is 12.7. The van der Waals surface area contributed by atoms with E-state index in [0.29, 0.717) is 25.2 Å². The van der Waals surface area contributed by atoms with Crippen molar-refractivity contribution in [3.8, 4) is 16.9 Å². The number of hydrogen-bond donors (Lipinski definition) is 0. The Balaban J connectivity index is 1.13. The highest BCUT2D eigenvalue weighted by Crippen LogP contribution is 2.25. The van der Waals surface area contributed by atoms with Crippen LogP contribution in [0.2, 0.25) is 0 Å². The lowest BCUT2D eigenvalue weighted by Crippen LogP contribution is -2.39. The largest absolute Gasteiger partial charge is 0.497 e. The highest BCUT2D eigenvalue weighted by atomic mass is 16.5. The Bertz CT molecular complexity index is 1200. The number of methoxy groups -OCH3 is 1. The average molecular weight is 528 g/mol. The third-order valence-corrected chi connectivity index (χ3v) is 7.70. The van der Waals surface area contributed by atoms with Crippen LogP contribution in [0.4, 0.5) is 5.69 Å². The number of aryl methyl sites for hydroxylation is 1. The van der Waals surface area contributed by atoms with E-state index in [9.17, 15) is 9.59 Å². The molecule has 0 radical (unpaired) electrons. The topological polar surface area (TPSA) is 62.7 Å². The van der Waals surface area contributed by atoms with Crippen molar-refractivity contribution in [3.05, 3.63) is 78.1 Å². The number of benzene rings is 2. The van der Waals surface area contributed by atoms with Gasteiger partial charge >= 0.3 is 0 Å². The third-order valence-electron chi connectivity index (χ3n) is 7.70. The van der Waals surface area contributed by atoms with Crippen LogP contribution in [-0.2, 0) is 22.4 Å². The third kappa shape index (κ3) is 8.41. The predicted molar refractivity (Wildman–Crippen MR) is 157 cm³/mol. The molecule has 0 atom stereocenters. The number of hydrogen-bond acceptors (Lipinski definition) is 5. The van der Waals surface area contributed by atoms with Gasteiger partial charge in [-0.3, -0.25) is 14.6 Å². The van der Waals surface area contributed by atoms with Crippen molar-refractivity contribution < 1.29 is 14.3 Å². The minimum atomic E-state index is 0.114. The summed E-state index contributed by atoms with van der Waals surface area (Å²) >= 11 is 0. The van der Waals surface area contributed by atoms with E-state index in [1.807, 2.05) is 49.5 Å². The van der Waals surface area contributed by atoms with E-state index in [4.69, 9.17) is 9.72 Å². The molecule has 39 heavy (non-hydrogen) atoms. The van der Waals surface area contributed by atoms with Gasteiger partial charge in [0.2, 0.25) is 5.91 Å². The Morgan fingerprint density at radius 1 is 0.897 bits per heavy atom. The second-order valence-electron chi connectivity index (χ2n) is 10.7. The Kier molecular flexibility index (Phi) is 10.1. The molecule has 1 fully saturated rings. The summed E-state index contributed by atoms with van der Waals surface area (Å²) in [5.41, 5.74) is 5.73. The first-order valence-electron chi connectivity index (χ1n) is 14.1. The van der Waals surface area contributed by atoms with Crippen molar-refractivity contribution in [2.45, 2.75) is 51.4 Å². The number of aromatic nitrogens is 1. The molecule has 1 aliphatic rings. The number of carbonyl (C=O) groups is 2. The van der Waals surface area contributed by atoms with E-state index < -0.39 is 0 Å². The molecular formula is C33H41N3O3. The van der Waals surface area contributed by atoms with Crippen LogP contribution in [0, 0.1) is 5.92 Å². The molecule has 1 amide bonds. The Hall–Kier alpha value is -3.67. The molecule has 206 valence electrons. The minimum Gasteiger partial charge on any atom is -0.497 e.